The van der Waals surface area contributed by atoms with Gasteiger partial charge in [-0.2, -0.15) is 0 Å². The van der Waals surface area contributed by atoms with Crippen LogP contribution in [-0.4, -0.2) is 36.5 Å². The predicted molar refractivity (Wildman–Crippen MR) is 130 cm³/mol. The Labute approximate surface area is 195 Å². The first-order chi connectivity index (χ1) is 15.6. The van der Waals surface area contributed by atoms with Gasteiger partial charge in [0.05, 0.1) is 12.2 Å². The lowest BCUT2D eigenvalue weighted by molar-refractivity contribution is -0.137. The molecule has 1 N–H and O–H groups in total. The molecule has 3 rings (SSSR count). The number of hydrogen-bond acceptors (Lipinski definition) is 3. The zero-order valence-corrected chi connectivity index (χ0v) is 20.3. The monoisotopic (exact) mass is 446 g/mol. The molecule has 3 fully saturated rings. The molecular formula is C28H46O4. The van der Waals surface area contributed by atoms with Gasteiger partial charge in [0.15, 0.2) is 0 Å². The maximum absolute atomic E-state index is 10.6. The van der Waals surface area contributed by atoms with E-state index in [0.717, 1.165) is 57.7 Å². The molecule has 32 heavy (non-hydrogen) atoms. The number of fused-ring (bicyclic) bond motifs is 2. The third-order valence-corrected chi connectivity index (χ3v) is 7.64. The van der Waals surface area contributed by atoms with Gasteiger partial charge in [-0.3, -0.25) is 4.79 Å². The second kappa shape index (κ2) is 14.2. The maximum atomic E-state index is 10.6. The second-order valence-electron chi connectivity index (χ2n) is 10.4. The summed E-state index contributed by atoms with van der Waals surface area (Å²) in [5, 5.41) is 8.73. The maximum Gasteiger partial charge on any atom is 0.303 e. The fourth-order valence-electron chi connectivity index (χ4n) is 5.55. The first-order valence-electron chi connectivity index (χ1n) is 13.4. The van der Waals surface area contributed by atoms with Crippen LogP contribution in [0.4, 0.5) is 0 Å². The SMILES string of the molecule is CC(=CCCCCC1CC1)CCCOCC[C@@H]1[C@@H](CC=CCCCC(=O)O)[C@H]2CC[C@@H]1O2. The number of ether oxygens (including phenoxy) is 2. The third kappa shape index (κ3) is 9.39. The second-order valence-corrected chi connectivity index (χ2v) is 10.4. The largest absolute Gasteiger partial charge is 0.481 e. The van der Waals surface area contributed by atoms with E-state index in [4.69, 9.17) is 14.6 Å². The Bertz CT molecular complexity index is 607. The number of carboxylic acids is 1. The summed E-state index contributed by atoms with van der Waals surface area (Å²) in [5.41, 5.74) is 1.52. The van der Waals surface area contributed by atoms with E-state index in [0.29, 0.717) is 24.0 Å². The van der Waals surface area contributed by atoms with E-state index < -0.39 is 5.97 Å². The number of unbranched alkanes of at least 4 members (excludes halogenated alkanes) is 3. The van der Waals surface area contributed by atoms with Crippen molar-refractivity contribution >= 4 is 5.97 Å². The van der Waals surface area contributed by atoms with Gasteiger partial charge in [0.25, 0.3) is 0 Å². The number of carboxylic acid groups (broad SMARTS) is 1. The Kier molecular flexibility index (Phi) is 11.3. The Morgan fingerprint density at radius 2 is 1.72 bits per heavy atom. The molecule has 4 heteroatoms. The molecule has 2 bridgehead atoms. The quantitative estimate of drug-likeness (QED) is 0.180. The number of carbonyl (C=O) groups is 1. The van der Waals surface area contributed by atoms with Crippen LogP contribution in [0.15, 0.2) is 23.8 Å². The summed E-state index contributed by atoms with van der Waals surface area (Å²) in [7, 11) is 0. The van der Waals surface area contributed by atoms with Crippen molar-refractivity contribution in [1.82, 2.24) is 0 Å². The van der Waals surface area contributed by atoms with Crippen LogP contribution in [0.3, 0.4) is 0 Å². The minimum absolute atomic E-state index is 0.261. The van der Waals surface area contributed by atoms with Crippen molar-refractivity contribution in [3.05, 3.63) is 23.8 Å². The van der Waals surface area contributed by atoms with Gasteiger partial charge < -0.3 is 14.6 Å². The normalized spacial score (nSPS) is 27.6. The summed E-state index contributed by atoms with van der Waals surface area (Å²) >= 11 is 0. The van der Waals surface area contributed by atoms with E-state index in [1.165, 1.54) is 56.9 Å². The van der Waals surface area contributed by atoms with Crippen molar-refractivity contribution in [3.63, 3.8) is 0 Å². The van der Waals surface area contributed by atoms with Crippen molar-refractivity contribution in [2.75, 3.05) is 13.2 Å². The summed E-state index contributed by atoms with van der Waals surface area (Å²) < 4.78 is 12.2. The van der Waals surface area contributed by atoms with Crippen molar-refractivity contribution in [1.29, 1.82) is 0 Å². The molecule has 0 aromatic carbocycles. The van der Waals surface area contributed by atoms with Crippen molar-refractivity contribution < 1.29 is 19.4 Å². The van der Waals surface area contributed by atoms with Crippen LogP contribution in [0.1, 0.15) is 103 Å². The smallest absolute Gasteiger partial charge is 0.303 e. The first kappa shape index (κ1) is 25.5. The molecule has 0 unspecified atom stereocenters. The van der Waals surface area contributed by atoms with Gasteiger partial charge in [-0.25, -0.2) is 0 Å². The Balaban J connectivity index is 1.22. The highest BCUT2D eigenvalue weighted by Gasteiger charge is 2.47. The molecule has 0 spiro atoms. The number of rotatable bonds is 18. The van der Waals surface area contributed by atoms with Crippen LogP contribution in [0, 0.1) is 17.8 Å². The Morgan fingerprint density at radius 1 is 0.906 bits per heavy atom. The molecular weight excluding hydrogens is 400 g/mol. The minimum atomic E-state index is -0.703. The first-order valence-corrected chi connectivity index (χ1v) is 13.4. The lowest BCUT2D eigenvalue weighted by Gasteiger charge is -2.27. The van der Waals surface area contributed by atoms with Gasteiger partial charge in [-0.1, -0.05) is 49.5 Å². The fraction of sp³-hybridized carbons (Fsp3) is 0.821. The number of hydrogen-bond donors (Lipinski definition) is 1. The molecule has 0 amide bonds. The third-order valence-electron chi connectivity index (χ3n) is 7.64. The van der Waals surface area contributed by atoms with Gasteiger partial charge in [-0.15, -0.1) is 0 Å². The summed E-state index contributed by atoms with van der Waals surface area (Å²) in [6.45, 7) is 3.98. The fourth-order valence-corrected chi connectivity index (χ4v) is 5.55. The van der Waals surface area contributed by atoms with Crippen molar-refractivity contribution in [3.8, 4) is 0 Å². The van der Waals surface area contributed by atoms with Crippen LogP contribution in [0.2, 0.25) is 0 Å². The molecule has 3 aliphatic rings. The molecule has 182 valence electrons. The molecule has 0 aromatic rings. The Hall–Kier alpha value is -1.13. The van der Waals surface area contributed by atoms with E-state index in [1.807, 2.05) is 0 Å². The molecule has 4 atom stereocenters. The molecule has 2 saturated heterocycles. The standard InChI is InChI=1S/C28H46O4/c1-22(10-5-4-6-12-23-15-16-23)11-9-20-31-21-19-25-24(26-17-18-27(25)32-26)13-7-2-3-8-14-28(29)30/h2,7,10,23-27H,3-6,8-9,11-21H2,1H3,(H,29,30)/t24-,25-,26-,27+/m1/s1. The zero-order valence-electron chi connectivity index (χ0n) is 20.3. The highest BCUT2D eigenvalue weighted by molar-refractivity contribution is 5.66. The highest BCUT2D eigenvalue weighted by atomic mass is 16.5. The van der Waals surface area contributed by atoms with E-state index in [2.05, 4.69) is 25.2 Å². The van der Waals surface area contributed by atoms with Crippen molar-refractivity contribution in [2.45, 2.75) is 115 Å². The number of aliphatic carboxylic acids is 1. The zero-order chi connectivity index (χ0) is 22.6. The molecule has 2 aliphatic heterocycles. The van der Waals surface area contributed by atoms with E-state index in [1.54, 1.807) is 0 Å². The van der Waals surface area contributed by atoms with Gasteiger partial charge in [-0.05, 0) is 88.9 Å². The van der Waals surface area contributed by atoms with E-state index in [-0.39, 0.29) is 6.42 Å². The summed E-state index contributed by atoms with van der Waals surface area (Å²) in [4.78, 5) is 10.6. The average Bonchev–Trinajstić information content (AvgIpc) is 3.38. The lowest BCUT2D eigenvalue weighted by Crippen LogP contribution is -2.28. The van der Waals surface area contributed by atoms with E-state index >= 15 is 0 Å². The molecule has 0 aromatic heterocycles. The average molecular weight is 447 g/mol. The molecule has 1 saturated carbocycles. The highest BCUT2D eigenvalue weighted by Crippen LogP contribution is 2.46. The van der Waals surface area contributed by atoms with Crippen LogP contribution in [-0.2, 0) is 14.3 Å². The molecule has 0 radical (unpaired) electrons. The lowest BCUT2D eigenvalue weighted by atomic mass is 9.76. The van der Waals surface area contributed by atoms with Crippen LogP contribution < -0.4 is 0 Å². The predicted octanol–water partition coefficient (Wildman–Crippen LogP) is 7.08. The van der Waals surface area contributed by atoms with Gasteiger partial charge >= 0.3 is 5.97 Å². The topological polar surface area (TPSA) is 55.8 Å². The van der Waals surface area contributed by atoms with Crippen molar-refractivity contribution in [2.24, 2.45) is 17.8 Å². The molecule has 1 aliphatic carbocycles. The molecule has 4 nitrogen and oxygen atoms in total. The van der Waals surface area contributed by atoms with Gasteiger partial charge in [0.1, 0.15) is 0 Å². The summed E-state index contributed by atoms with van der Waals surface area (Å²) in [6, 6.07) is 0. The van der Waals surface area contributed by atoms with Crippen LogP contribution in [0.25, 0.3) is 0 Å². The van der Waals surface area contributed by atoms with E-state index in [9.17, 15) is 4.79 Å². The minimum Gasteiger partial charge on any atom is -0.481 e. The number of allylic oxidation sites excluding steroid dienone is 4. The molecule has 2 heterocycles. The summed E-state index contributed by atoms with van der Waals surface area (Å²) in [6.07, 6.45) is 24.9. The Morgan fingerprint density at radius 3 is 2.50 bits per heavy atom. The van der Waals surface area contributed by atoms with Gasteiger partial charge in [0, 0.05) is 19.6 Å². The van der Waals surface area contributed by atoms with Gasteiger partial charge in [0.2, 0.25) is 0 Å². The summed E-state index contributed by atoms with van der Waals surface area (Å²) in [5.74, 6) is 1.60. The van der Waals surface area contributed by atoms with Crippen LogP contribution in [0.5, 0.6) is 0 Å². The van der Waals surface area contributed by atoms with Crippen LogP contribution >= 0.6 is 0 Å².